The first kappa shape index (κ1) is 15.3. The third kappa shape index (κ3) is 3.19. The summed E-state index contributed by atoms with van der Waals surface area (Å²) in [7, 11) is 1.68. The van der Waals surface area contributed by atoms with E-state index in [0.29, 0.717) is 0 Å². The Balaban J connectivity index is 1.63. The van der Waals surface area contributed by atoms with Crippen molar-refractivity contribution < 1.29 is 4.74 Å². The fourth-order valence-corrected chi connectivity index (χ4v) is 2.98. The van der Waals surface area contributed by atoms with Crippen LogP contribution in [-0.4, -0.2) is 23.3 Å². The van der Waals surface area contributed by atoms with Gasteiger partial charge >= 0.3 is 0 Å². The Morgan fingerprint density at radius 3 is 2.72 bits per heavy atom. The summed E-state index contributed by atoms with van der Waals surface area (Å²) in [6.07, 6.45) is 8.73. The first-order chi connectivity index (χ1) is 12.3. The van der Waals surface area contributed by atoms with Gasteiger partial charge in [-0.25, -0.2) is 0 Å². The summed E-state index contributed by atoms with van der Waals surface area (Å²) < 4.78 is 5.53. The van der Waals surface area contributed by atoms with Gasteiger partial charge in [-0.2, -0.15) is 0 Å². The van der Waals surface area contributed by atoms with Gasteiger partial charge in [-0.05, 0) is 41.8 Å². The molecular weight excluding hydrogens is 310 g/mol. The van der Waals surface area contributed by atoms with Crippen LogP contribution in [0, 0.1) is 0 Å². The lowest BCUT2D eigenvalue weighted by Gasteiger charge is -2.05. The molecule has 25 heavy (non-hydrogen) atoms. The standard InChI is InChI=1S/C21H19N3O/c1-25-21-14-19(17-8-5-10-22-17)24-20(21)13-18-16(9-11-23-18)12-15-6-3-2-4-7-15/h2-11,13-14,22,24H,12H2,1H3/b18-13-. The van der Waals surface area contributed by atoms with Crippen molar-refractivity contribution in [3.63, 3.8) is 0 Å². The maximum Gasteiger partial charge on any atom is 0.144 e. The molecule has 1 aromatic carbocycles. The number of aromatic nitrogens is 2. The normalized spacial score (nSPS) is 14.9. The largest absolute Gasteiger partial charge is 0.494 e. The molecule has 0 unspecified atom stereocenters. The lowest BCUT2D eigenvalue weighted by Crippen LogP contribution is -1.91. The van der Waals surface area contributed by atoms with Crippen molar-refractivity contribution >= 4 is 12.3 Å². The van der Waals surface area contributed by atoms with E-state index in [1.165, 1.54) is 11.1 Å². The predicted octanol–water partition coefficient (Wildman–Crippen LogP) is 4.61. The number of aliphatic imine (C=N–C) groups is 1. The van der Waals surface area contributed by atoms with Gasteiger partial charge in [0.05, 0.1) is 29.9 Å². The first-order valence-corrected chi connectivity index (χ1v) is 8.23. The van der Waals surface area contributed by atoms with Crippen LogP contribution in [0.5, 0.6) is 5.75 Å². The van der Waals surface area contributed by atoms with Gasteiger partial charge in [0, 0.05) is 18.5 Å². The van der Waals surface area contributed by atoms with E-state index >= 15 is 0 Å². The molecule has 3 heterocycles. The Morgan fingerprint density at radius 2 is 1.96 bits per heavy atom. The second-order valence-corrected chi connectivity index (χ2v) is 5.91. The maximum absolute atomic E-state index is 5.53. The smallest absolute Gasteiger partial charge is 0.144 e. The van der Waals surface area contributed by atoms with Gasteiger partial charge in [-0.15, -0.1) is 0 Å². The minimum atomic E-state index is 0.804. The van der Waals surface area contributed by atoms with E-state index in [1.54, 1.807) is 7.11 Å². The highest BCUT2D eigenvalue weighted by molar-refractivity contribution is 5.83. The fraction of sp³-hybridized carbons (Fsp3) is 0.0952. The highest BCUT2D eigenvalue weighted by Crippen LogP contribution is 2.30. The highest BCUT2D eigenvalue weighted by Gasteiger charge is 2.13. The lowest BCUT2D eigenvalue weighted by atomic mass is 10.0. The SMILES string of the molecule is COc1cc(-c2ccc[nH]2)[nH]c1/C=C1\N=CC=C1Cc1ccccc1. The molecule has 0 saturated heterocycles. The van der Waals surface area contributed by atoms with Crippen LogP contribution in [0.15, 0.2) is 77.1 Å². The number of allylic oxidation sites excluding steroid dienone is 2. The molecule has 2 N–H and O–H groups in total. The van der Waals surface area contributed by atoms with Crippen LogP contribution in [0.1, 0.15) is 11.3 Å². The third-order valence-electron chi connectivity index (χ3n) is 4.26. The molecule has 0 saturated carbocycles. The van der Waals surface area contributed by atoms with Crippen molar-refractivity contribution in [3.05, 3.63) is 83.3 Å². The second kappa shape index (κ2) is 6.69. The number of hydrogen-bond donors (Lipinski definition) is 2. The number of ether oxygens (including phenoxy) is 1. The topological polar surface area (TPSA) is 53.2 Å². The molecular formula is C21H19N3O. The van der Waals surface area contributed by atoms with Crippen LogP contribution < -0.4 is 4.74 Å². The zero-order chi connectivity index (χ0) is 17.1. The second-order valence-electron chi connectivity index (χ2n) is 5.91. The summed E-state index contributed by atoms with van der Waals surface area (Å²) in [5.74, 6) is 0.804. The number of hydrogen-bond acceptors (Lipinski definition) is 2. The van der Waals surface area contributed by atoms with Crippen molar-refractivity contribution in [3.8, 4) is 17.1 Å². The van der Waals surface area contributed by atoms with Gasteiger partial charge in [-0.3, -0.25) is 4.99 Å². The number of benzene rings is 1. The molecule has 0 fully saturated rings. The van der Waals surface area contributed by atoms with Crippen LogP contribution in [0.25, 0.3) is 17.5 Å². The number of rotatable bonds is 5. The molecule has 4 rings (SSSR count). The van der Waals surface area contributed by atoms with Crippen molar-refractivity contribution in [2.45, 2.75) is 6.42 Å². The Hall–Kier alpha value is -3.27. The Labute approximate surface area is 146 Å². The average molecular weight is 329 g/mol. The first-order valence-electron chi connectivity index (χ1n) is 8.23. The van der Waals surface area contributed by atoms with Crippen LogP contribution >= 0.6 is 0 Å². The molecule has 124 valence electrons. The molecule has 0 radical (unpaired) electrons. The molecule has 1 aliphatic heterocycles. The molecule has 0 atom stereocenters. The van der Waals surface area contributed by atoms with Gasteiger partial charge in [-0.1, -0.05) is 30.3 Å². The van der Waals surface area contributed by atoms with Crippen molar-refractivity contribution in [2.24, 2.45) is 4.99 Å². The number of aromatic amines is 2. The van der Waals surface area contributed by atoms with E-state index in [-0.39, 0.29) is 0 Å². The summed E-state index contributed by atoms with van der Waals surface area (Å²) in [4.78, 5) is 11.1. The molecule has 2 aromatic heterocycles. The van der Waals surface area contributed by atoms with Gasteiger partial charge in [0.1, 0.15) is 5.75 Å². The van der Waals surface area contributed by atoms with Gasteiger partial charge in [0.25, 0.3) is 0 Å². The molecule has 4 nitrogen and oxygen atoms in total. The molecule has 1 aliphatic rings. The predicted molar refractivity (Wildman–Crippen MR) is 102 cm³/mol. The summed E-state index contributed by atoms with van der Waals surface area (Å²) >= 11 is 0. The van der Waals surface area contributed by atoms with E-state index in [0.717, 1.165) is 34.9 Å². The Morgan fingerprint density at radius 1 is 1.08 bits per heavy atom. The molecule has 3 aromatic rings. The van der Waals surface area contributed by atoms with Gasteiger partial charge in [0.2, 0.25) is 0 Å². The molecule has 0 spiro atoms. The minimum Gasteiger partial charge on any atom is -0.494 e. The van der Waals surface area contributed by atoms with E-state index < -0.39 is 0 Å². The Kier molecular flexibility index (Phi) is 4.09. The minimum absolute atomic E-state index is 0.804. The van der Waals surface area contributed by atoms with Crippen molar-refractivity contribution in [1.82, 2.24) is 9.97 Å². The van der Waals surface area contributed by atoms with Crippen LogP contribution in [-0.2, 0) is 6.42 Å². The molecule has 0 bridgehead atoms. The number of H-pyrrole nitrogens is 2. The van der Waals surface area contributed by atoms with E-state index in [9.17, 15) is 0 Å². The van der Waals surface area contributed by atoms with Crippen molar-refractivity contribution in [1.29, 1.82) is 0 Å². The monoisotopic (exact) mass is 329 g/mol. The van der Waals surface area contributed by atoms with Crippen LogP contribution in [0.3, 0.4) is 0 Å². The van der Waals surface area contributed by atoms with Crippen LogP contribution in [0.4, 0.5) is 0 Å². The highest BCUT2D eigenvalue weighted by atomic mass is 16.5. The van der Waals surface area contributed by atoms with Crippen LogP contribution in [0.2, 0.25) is 0 Å². The lowest BCUT2D eigenvalue weighted by molar-refractivity contribution is 0.414. The number of methoxy groups -OCH3 is 1. The van der Waals surface area contributed by atoms with Gasteiger partial charge < -0.3 is 14.7 Å². The van der Waals surface area contributed by atoms with E-state index in [1.807, 2.05) is 42.8 Å². The average Bonchev–Trinajstić information content (AvgIpc) is 3.37. The summed E-state index contributed by atoms with van der Waals surface area (Å²) in [6.45, 7) is 0. The molecule has 0 aliphatic carbocycles. The summed E-state index contributed by atoms with van der Waals surface area (Å²) in [6, 6.07) is 16.4. The van der Waals surface area contributed by atoms with E-state index in [4.69, 9.17) is 4.74 Å². The molecule has 0 amide bonds. The van der Waals surface area contributed by atoms with E-state index in [2.05, 4.69) is 45.3 Å². The number of nitrogens with one attached hydrogen (secondary N) is 2. The third-order valence-corrected chi connectivity index (χ3v) is 4.26. The maximum atomic E-state index is 5.53. The number of nitrogens with zero attached hydrogens (tertiary/aromatic N) is 1. The van der Waals surface area contributed by atoms with Gasteiger partial charge in [0.15, 0.2) is 0 Å². The molecule has 4 heteroatoms. The van der Waals surface area contributed by atoms with Crippen molar-refractivity contribution in [2.75, 3.05) is 7.11 Å². The zero-order valence-electron chi connectivity index (χ0n) is 14.0. The summed E-state index contributed by atoms with van der Waals surface area (Å²) in [5, 5.41) is 0. The summed E-state index contributed by atoms with van der Waals surface area (Å²) in [5.41, 5.74) is 6.37. The Bertz CT molecular complexity index is 944. The fourth-order valence-electron chi connectivity index (χ4n) is 2.98. The quantitative estimate of drug-likeness (QED) is 0.705. The zero-order valence-corrected chi connectivity index (χ0v) is 14.0.